The van der Waals surface area contributed by atoms with Crippen molar-refractivity contribution in [2.75, 3.05) is 19.8 Å². The first-order chi connectivity index (χ1) is 8.81. The molecular formula is C9H18BiN3O6. The number of carbonyl (C=O) groups is 3. The molecular weight excluding hydrogens is 455 g/mol. The third-order valence-corrected chi connectivity index (χ3v) is 11.2. The molecule has 0 spiro atoms. The van der Waals surface area contributed by atoms with Crippen molar-refractivity contribution in [3.05, 3.63) is 0 Å². The van der Waals surface area contributed by atoms with Crippen molar-refractivity contribution in [1.29, 1.82) is 0 Å². The van der Waals surface area contributed by atoms with Crippen LogP contribution in [0.2, 0.25) is 0 Å². The molecule has 0 aromatic rings. The van der Waals surface area contributed by atoms with Gasteiger partial charge in [-0.25, -0.2) is 0 Å². The molecule has 0 aromatic heterocycles. The van der Waals surface area contributed by atoms with Crippen LogP contribution in [0.15, 0.2) is 0 Å². The molecule has 0 saturated heterocycles. The van der Waals surface area contributed by atoms with Crippen LogP contribution in [0.5, 0.6) is 0 Å². The van der Waals surface area contributed by atoms with Crippen molar-refractivity contribution in [3.63, 3.8) is 0 Å². The van der Waals surface area contributed by atoms with E-state index in [2.05, 4.69) is 0 Å². The molecule has 0 saturated carbocycles. The molecule has 0 aliphatic heterocycles. The molecule has 3 atom stereocenters. The van der Waals surface area contributed by atoms with Crippen LogP contribution < -0.4 is 17.2 Å². The average Bonchev–Trinajstić information content (AvgIpc) is 2.43. The third kappa shape index (κ3) is 4.92. The first-order valence-corrected chi connectivity index (χ1v) is 10.5. The predicted octanol–water partition coefficient (Wildman–Crippen LogP) is -5.24. The van der Waals surface area contributed by atoms with Crippen molar-refractivity contribution in [2.24, 2.45) is 17.2 Å². The molecule has 9 nitrogen and oxygen atoms in total. The monoisotopic (exact) mass is 473 g/mol. The van der Waals surface area contributed by atoms with Gasteiger partial charge >= 0.3 is 117 Å². The topological polar surface area (TPSA) is 190 Å². The molecule has 0 bridgehead atoms. The van der Waals surface area contributed by atoms with E-state index in [0.717, 1.165) is 0 Å². The van der Waals surface area contributed by atoms with E-state index >= 15 is 0 Å². The molecule has 0 aliphatic rings. The normalized spacial score (nSPS) is 15.9. The molecule has 0 aliphatic carbocycles. The van der Waals surface area contributed by atoms with E-state index in [1.165, 1.54) is 0 Å². The summed E-state index contributed by atoms with van der Waals surface area (Å²) in [5.41, 5.74) is 15.9. The van der Waals surface area contributed by atoms with Crippen LogP contribution in [-0.2, 0) is 14.4 Å². The van der Waals surface area contributed by atoms with Gasteiger partial charge in [0.05, 0.1) is 0 Å². The molecule has 110 valence electrons. The number of aliphatic hydroxyl groups excluding tert-OH is 3. The number of carbonyl (C=O) groups excluding carboxylic acids is 3. The molecule has 3 unspecified atom stereocenters. The molecule has 10 heteroatoms. The summed E-state index contributed by atoms with van der Waals surface area (Å²) in [6.07, 6.45) is 0. The van der Waals surface area contributed by atoms with Crippen molar-refractivity contribution in [3.8, 4) is 0 Å². The SMILES string of the molecule is NC(CO)[C](=O)[Bi]([C](=O)C(N)CO)[C](=O)C(N)CO. The van der Waals surface area contributed by atoms with Crippen LogP contribution in [0.4, 0.5) is 0 Å². The quantitative estimate of drug-likeness (QED) is 0.178. The maximum absolute atomic E-state index is 11.9. The van der Waals surface area contributed by atoms with E-state index in [4.69, 9.17) is 32.5 Å². The van der Waals surface area contributed by atoms with Gasteiger partial charge in [-0.05, 0) is 0 Å². The second-order valence-corrected chi connectivity index (χ2v) is 11.5. The molecule has 0 radical (unpaired) electrons. The summed E-state index contributed by atoms with van der Waals surface area (Å²) in [5.74, 6) is 0. The van der Waals surface area contributed by atoms with Crippen LogP contribution in [0.25, 0.3) is 0 Å². The Morgan fingerprint density at radius 3 is 1.11 bits per heavy atom. The standard InChI is InChI=1S/3C3H6NO2.Bi/c3*4-3(1-5)2-6;/h3*3,5H,1,4H2;. The van der Waals surface area contributed by atoms with E-state index in [1.54, 1.807) is 0 Å². The predicted molar refractivity (Wildman–Crippen MR) is 66.0 cm³/mol. The zero-order valence-corrected chi connectivity index (χ0v) is 13.6. The van der Waals surface area contributed by atoms with Crippen molar-refractivity contribution in [1.82, 2.24) is 0 Å². The first-order valence-electron chi connectivity index (χ1n) is 5.32. The summed E-state index contributed by atoms with van der Waals surface area (Å²) in [4.78, 5) is 35.7. The van der Waals surface area contributed by atoms with Gasteiger partial charge in [-0.1, -0.05) is 0 Å². The second-order valence-electron chi connectivity index (χ2n) is 3.72. The fourth-order valence-corrected chi connectivity index (χ4v) is 8.41. The van der Waals surface area contributed by atoms with Gasteiger partial charge in [0.25, 0.3) is 0 Å². The number of hydrogen-bond acceptors (Lipinski definition) is 9. The summed E-state index contributed by atoms with van der Waals surface area (Å²) in [7, 11) is 0. The molecule has 0 rings (SSSR count). The molecule has 0 amide bonds. The van der Waals surface area contributed by atoms with Gasteiger partial charge in [0, 0.05) is 0 Å². The summed E-state index contributed by atoms with van der Waals surface area (Å²) >= 11 is -4.27. The van der Waals surface area contributed by atoms with Crippen LogP contribution >= 0.6 is 0 Å². The number of hydrogen-bond donors (Lipinski definition) is 6. The van der Waals surface area contributed by atoms with Crippen molar-refractivity contribution in [2.45, 2.75) is 18.1 Å². The Morgan fingerprint density at radius 1 is 0.737 bits per heavy atom. The Labute approximate surface area is 117 Å². The molecule has 0 fully saturated rings. The van der Waals surface area contributed by atoms with Gasteiger partial charge in [-0.3, -0.25) is 0 Å². The fraction of sp³-hybridized carbons (Fsp3) is 0.667. The average molecular weight is 473 g/mol. The molecule has 0 aromatic carbocycles. The van der Waals surface area contributed by atoms with Crippen LogP contribution in [0.1, 0.15) is 0 Å². The Hall–Kier alpha value is -0.347. The fourth-order valence-electron chi connectivity index (χ4n) is 1.06. The Morgan fingerprint density at radius 2 is 0.947 bits per heavy atom. The Bertz CT molecular complexity index is 301. The zero-order chi connectivity index (χ0) is 15.2. The van der Waals surface area contributed by atoms with Crippen molar-refractivity contribution >= 4 is 32.2 Å². The molecule has 19 heavy (non-hydrogen) atoms. The van der Waals surface area contributed by atoms with E-state index in [9.17, 15) is 14.4 Å². The van der Waals surface area contributed by atoms with E-state index < -0.39 is 70.2 Å². The van der Waals surface area contributed by atoms with E-state index in [0.29, 0.717) is 0 Å². The minimum absolute atomic E-state index is 0.714. The van der Waals surface area contributed by atoms with Gasteiger partial charge in [0.15, 0.2) is 0 Å². The number of aliphatic hydroxyl groups is 3. The third-order valence-electron chi connectivity index (χ3n) is 2.20. The number of nitrogens with two attached hydrogens (primary N) is 3. The van der Waals surface area contributed by atoms with Gasteiger partial charge in [-0.2, -0.15) is 0 Å². The van der Waals surface area contributed by atoms with E-state index in [1.807, 2.05) is 0 Å². The van der Waals surface area contributed by atoms with Gasteiger partial charge in [0.2, 0.25) is 0 Å². The summed E-state index contributed by atoms with van der Waals surface area (Å²) in [5, 5.41) is 26.4. The van der Waals surface area contributed by atoms with E-state index in [-0.39, 0.29) is 0 Å². The van der Waals surface area contributed by atoms with Crippen LogP contribution in [-0.4, -0.2) is 85.5 Å². The van der Waals surface area contributed by atoms with Gasteiger partial charge in [-0.15, -0.1) is 0 Å². The molecule has 9 N–H and O–H groups in total. The maximum atomic E-state index is 11.9. The summed E-state index contributed by atoms with van der Waals surface area (Å²) in [6, 6.07) is -4.08. The minimum atomic E-state index is -4.27. The van der Waals surface area contributed by atoms with Crippen LogP contribution in [0, 0.1) is 0 Å². The number of rotatable bonds is 9. The summed E-state index contributed by atoms with van der Waals surface area (Å²) < 4.78 is -2.54. The summed E-state index contributed by atoms with van der Waals surface area (Å²) in [6.45, 7) is -2.14. The Balaban J connectivity index is 5.31. The second kappa shape index (κ2) is 8.75. The zero-order valence-electron chi connectivity index (χ0n) is 10.1. The molecule has 0 heterocycles. The van der Waals surface area contributed by atoms with Gasteiger partial charge < -0.3 is 0 Å². The Kier molecular flexibility index (Phi) is 8.59. The van der Waals surface area contributed by atoms with Crippen LogP contribution in [0.3, 0.4) is 0 Å². The van der Waals surface area contributed by atoms with Gasteiger partial charge in [0.1, 0.15) is 0 Å². The first kappa shape index (κ1) is 18.7. The van der Waals surface area contributed by atoms with Crippen molar-refractivity contribution < 1.29 is 29.7 Å².